The summed E-state index contributed by atoms with van der Waals surface area (Å²) in [7, 11) is -3.13. The van der Waals surface area contributed by atoms with Crippen LogP contribution in [-0.2, 0) is 23.0 Å². The predicted molar refractivity (Wildman–Crippen MR) is 117 cm³/mol. The Morgan fingerprint density at radius 2 is 1.87 bits per heavy atom. The topological polar surface area (TPSA) is 75.6 Å². The van der Waals surface area contributed by atoms with E-state index in [9.17, 15) is 8.42 Å². The number of nitrogens with zero attached hydrogens (tertiary/aromatic N) is 4. The van der Waals surface area contributed by atoms with Gasteiger partial charge in [-0.25, -0.2) is 18.4 Å². The van der Waals surface area contributed by atoms with Crippen LogP contribution in [0.5, 0.6) is 5.75 Å². The Morgan fingerprint density at radius 1 is 1.10 bits per heavy atom. The number of hydrogen-bond donors (Lipinski definition) is 0. The minimum absolute atomic E-state index is 0.459. The number of ether oxygens (including phenoxy) is 1. The normalized spacial score (nSPS) is 18.2. The number of hydrogen-bond acceptors (Lipinski definition) is 6. The fraction of sp³-hybridized carbons (Fsp3) is 0.545. The van der Waals surface area contributed by atoms with Crippen molar-refractivity contribution in [1.82, 2.24) is 14.3 Å². The third kappa shape index (κ3) is 5.29. The Balaban J connectivity index is 1.19. The van der Waals surface area contributed by atoms with Crippen LogP contribution in [0, 0.1) is 5.92 Å². The minimum Gasteiger partial charge on any atom is -0.494 e. The molecule has 1 aromatic heterocycles. The van der Waals surface area contributed by atoms with Gasteiger partial charge in [0, 0.05) is 38.6 Å². The zero-order valence-corrected chi connectivity index (χ0v) is 18.4. The fourth-order valence-corrected chi connectivity index (χ4v) is 5.11. The maximum Gasteiger partial charge on any atom is 0.225 e. The van der Waals surface area contributed by atoms with Crippen LogP contribution in [0.25, 0.3) is 0 Å². The second-order valence-corrected chi connectivity index (χ2v) is 10.2. The largest absolute Gasteiger partial charge is 0.494 e. The Kier molecular flexibility index (Phi) is 6.53. The van der Waals surface area contributed by atoms with Gasteiger partial charge in [-0.1, -0.05) is 6.07 Å². The van der Waals surface area contributed by atoms with Gasteiger partial charge in [0.1, 0.15) is 5.75 Å². The van der Waals surface area contributed by atoms with E-state index in [4.69, 9.17) is 4.74 Å². The van der Waals surface area contributed by atoms with Crippen molar-refractivity contribution in [3.63, 3.8) is 0 Å². The number of sulfonamides is 1. The van der Waals surface area contributed by atoms with Crippen LogP contribution in [0.15, 0.2) is 36.7 Å². The Morgan fingerprint density at radius 3 is 2.60 bits per heavy atom. The summed E-state index contributed by atoms with van der Waals surface area (Å²) >= 11 is 0. The van der Waals surface area contributed by atoms with E-state index < -0.39 is 10.0 Å². The Hall–Kier alpha value is -2.19. The van der Waals surface area contributed by atoms with E-state index >= 15 is 0 Å². The molecule has 0 atom stereocenters. The molecule has 0 N–H and O–H groups in total. The molecule has 3 heterocycles. The van der Waals surface area contributed by atoms with Crippen LogP contribution < -0.4 is 9.64 Å². The third-order valence-electron chi connectivity index (χ3n) is 6.10. The molecule has 1 saturated heterocycles. The molecular formula is C22H30N4O3S. The van der Waals surface area contributed by atoms with E-state index in [-0.39, 0.29) is 0 Å². The summed E-state index contributed by atoms with van der Waals surface area (Å²) in [6, 6.07) is 7.89. The van der Waals surface area contributed by atoms with Gasteiger partial charge >= 0.3 is 0 Å². The molecule has 8 heteroatoms. The maximum atomic E-state index is 11.8. The smallest absolute Gasteiger partial charge is 0.225 e. The van der Waals surface area contributed by atoms with Crippen molar-refractivity contribution in [2.75, 3.05) is 37.4 Å². The van der Waals surface area contributed by atoms with E-state index in [1.165, 1.54) is 35.4 Å². The molecule has 2 aliphatic rings. The molecule has 0 amide bonds. The van der Waals surface area contributed by atoms with E-state index in [0.29, 0.717) is 13.1 Å². The van der Waals surface area contributed by atoms with E-state index in [1.807, 2.05) is 18.2 Å². The first-order valence-electron chi connectivity index (χ1n) is 10.7. The van der Waals surface area contributed by atoms with Gasteiger partial charge in [0.15, 0.2) is 0 Å². The highest BCUT2D eigenvalue weighted by Gasteiger charge is 2.23. The summed E-state index contributed by atoms with van der Waals surface area (Å²) in [6.07, 6.45) is 10.2. The van der Waals surface area contributed by atoms with Crippen molar-refractivity contribution in [1.29, 1.82) is 0 Å². The lowest BCUT2D eigenvalue weighted by molar-refractivity contribution is 0.278. The van der Waals surface area contributed by atoms with Gasteiger partial charge in [-0.15, -0.1) is 0 Å². The minimum atomic E-state index is -3.13. The lowest BCUT2D eigenvalue weighted by Gasteiger charge is -2.31. The molecule has 30 heavy (non-hydrogen) atoms. The molecule has 0 aliphatic carbocycles. The summed E-state index contributed by atoms with van der Waals surface area (Å²) < 4.78 is 31.0. The van der Waals surface area contributed by atoms with Crippen molar-refractivity contribution in [2.24, 2.45) is 5.92 Å². The SMILES string of the molecule is CS(=O)(=O)N1CCc2cc(OCCCC3CCN(c4ncccn4)CC3)ccc2C1. The number of piperidine rings is 1. The second kappa shape index (κ2) is 9.31. The highest BCUT2D eigenvalue weighted by atomic mass is 32.2. The average Bonchev–Trinajstić information content (AvgIpc) is 2.77. The molecule has 0 bridgehead atoms. The lowest BCUT2D eigenvalue weighted by atomic mass is 9.92. The number of benzene rings is 1. The molecule has 1 aromatic carbocycles. The average molecular weight is 431 g/mol. The molecule has 0 radical (unpaired) electrons. The van der Waals surface area contributed by atoms with E-state index in [2.05, 4.69) is 20.9 Å². The predicted octanol–water partition coefficient (Wildman–Crippen LogP) is 2.87. The standard InChI is InChI=1S/C22H30N4O3S/c1-30(27,28)26-14-9-19-16-21(6-5-20(19)17-26)29-15-2-4-18-7-12-25(13-8-18)22-23-10-3-11-24-22/h3,5-6,10-11,16,18H,2,4,7-9,12-15,17H2,1H3. The van der Waals surface area contributed by atoms with Crippen LogP contribution in [0.2, 0.25) is 0 Å². The van der Waals surface area contributed by atoms with Gasteiger partial charge in [0.25, 0.3) is 0 Å². The van der Waals surface area contributed by atoms with Crippen molar-refractivity contribution in [3.05, 3.63) is 47.8 Å². The maximum absolute atomic E-state index is 11.8. The first-order valence-corrected chi connectivity index (χ1v) is 12.6. The molecule has 0 spiro atoms. The van der Waals surface area contributed by atoms with Gasteiger partial charge < -0.3 is 9.64 Å². The van der Waals surface area contributed by atoms with Crippen LogP contribution in [0.3, 0.4) is 0 Å². The number of aromatic nitrogens is 2. The van der Waals surface area contributed by atoms with Gasteiger partial charge in [-0.3, -0.25) is 0 Å². The Bertz CT molecular complexity index is 944. The zero-order chi connectivity index (χ0) is 21.0. The van der Waals surface area contributed by atoms with Gasteiger partial charge in [0.2, 0.25) is 16.0 Å². The van der Waals surface area contributed by atoms with Crippen LogP contribution >= 0.6 is 0 Å². The quantitative estimate of drug-likeness (QED) is 0.629. The number of anilines is 1. The van der Waals surface area contributed by atoms with Crippen molar-refractivity contribution in [2.45, 2.75) is 38.6 Å². The van der Waals surface area contributed by atoms with Crippen LogP contribution in [-0.4, -0.2) is 55.2 Å². The monoisotopic (exact) mass is 430 g/mol. The van der Waals surface area contributed by atoms with Gasteiger partial charge in [-0.2, -0.15) is 4.31 Å². The summed E-state index contributed by atoms with van der Waals surface area (Å²) in [5.74, 6) is 2.46. The third-order valence-corrected chi connectivity index (χ3v) is 7.35. The zero-order valence-electron chi connectivity index (χ0n) is 17.5. The van der Waals surface area contributed by atoms with E-state index in [0.717, 1.165) is 55.7 Å². The molecule has 7 nitrogen and oxygen atoms in total. The van der Waals surface area contributed by atoms with E-state index in [1.54, 1.807) is 12.4 Å². The molecule has 0 unspecified atom stereocenters. The van der Waals surface area contributed by atoms with Crippen LogP contribution in [0.1, 0.15) is 36.8 Å². The van der Waals surface area contributed by atoms with Gasteiger partial charge in [0.05, 0.1) is 12.9 Å². The molecule has 0 saturated carbocycles. The lowest BCUT2D eigenvalue weighted by Crippen LogP contribution is -2.35. The highest BCUT2D eigenvalue weighted by molar-refractivity contribution is 7.88. The molecule has 1 fully saturated rings. The molecule has 4 rings (SSSR count). The van der Waals surface area contributed by atoms with Crippen molar-refractivity contribution < 1.29 is 13.2 Å². The van der Waals surface area contributed by atoms with Gasteiger partial charge in [-0.05, 0) is 67.3 Å². The van der Waals surface area contributed by atoms with Crippen molar-refractivity contribution >= 4 is 16.0 Å². The first-order chi connectivity index (χ1) is 14.5. The molecular weight excluding hydrogens is 400 g/mol. The fourth-order valence-electron chi connectivity index (χ4n) is 4.31. The molecule has 162 valence electrons. The van der Waals surface area contributed by atoms with Crippen LogP contribution in [0.4, 0.5) is 5.95 Å². The molecule has 2 aliphatic heterocycles. The van der Waals surface area contributed by atoms with Crippen molar-refractivity contribution in [3.8, 4) is 5.75 Å². The summed E-state index contributed by atoms with van der Waals surface area (Å²) in [5.41, 5.74) is 2.27. The molecule has 2 aromatic rings. The number of fused-ring (bicyclic) bond motifs is 1. The number of rotatable bonds is 7. The first kappa shape index (κ1) is 21.1. The highest BCUT2D eigenvalue weighted by Crippen LogP contribution is 2.26. The summed E-state index contributed by atoms with van der Waals surface area (Å²) in [6.45, 7) is 3.76. The summed E-state index contributed by atoms with van der Waals surface area (Å²) in [5, 5.41) is 0. The summed E-state index contributed by atoms with van der Waals surface area (Å²) in [4.78, 5) is 11.0. The Labute approximate surface area is 179 Å². The second-order valence-electron chi connectivity index (χ2n) is 8.25.